The van der Waals surface area contributed by atoms with Crippen molar-refractivity contribution in [3.63, 3.8) is 0 Å². The van der Waals surface area contributed by atoms with Gasteiger partial charge >= 0.3 is 5.97 Å². The Kier molecular flexibility index (Phi) is 2.23. The van der Waals surface area contributed by atoms with Crippen LogP contribution >= 0.6 is 0 Å². The number of fused-ring (bicyclic) bond motifs is 2. The van der Waals surface area contributed by atoms with Crippen LogP contribution in [-0.2, 0) is 9.63 Å². The SMILES string of the molecule is CCC12CCN(CC1)CC21CC(C(=O)O)=NO1. The fourth-order valence-electron chi connectivity index (χ4n) is 3.76. The molecule has 0 aliphatic carbocycles. The quantitative estimate of drug-likeness (QED) is 0.782. The molecule has 0 saturated carbocycles. The molecule has 94 valence electrons. The minimum atomic E-state index is -0.940. The Morgan fingerprint density at radius 1 is 1.53 bits per heavy atom. The second-order valence-corrected chi connectivity index (χ2v) is 5.52. The third-order valence-corrected chi connectivity index (χ3v) is 4.97. The number of hydrogen-bond donors (Lipinski definition) is 1. The van der Waals surface area contributed by atoms with E-state index in [1.807, 2.05) is 0 Å². The van der Waals surface area contributed by atoms with Crippen molar-refractivity contribution >= 4 is 11.7 Å². The number of rotatable bonds is 2. The molecule has 3 fully saturated rings. The van der Waals surface area contributed by atoms with E-state index in [1.165, 1.54) is 0 Å². The molecule has 0 radical (unpaired) electrons. The monoisotopic (exact) mass is 238 g/mol. The van der Waals surface area contributed by atoms with Gasteiger partial charge in [0.2, 0.25) is 0 Å². The van der Waals surface area contributed by atoms with Gasteiger partial charge in [-0.15, -0.1) is 0 Å². The lowest BCUT2D eigenvalue weighted by atomic mass is 9.59. The van der Waals surface area contributed by atoms with Crippen molar-refractivity contribution in [3.05, 3.63) is 0 Å². The van der Waals surface area contributed by atoms with E-state index in [-0.39, 0.29) is 16.7 Å². The molecule has 4 aliphatic rings. The molecule has 1 atom stereocenters. The molecule has 1 N–H and O–H groups in total. The first kappa shape index (κ1) is 11.0. The first-order chi connectivity index (χ1) is 8.11. The van der Waals surface area contributed by atoms with Crippen molar-refractivity contribution in [2.45, 2.75) is 38.2 Å². The molecule has 3 saturated heterocycles. The van der Waals surface area contributed by atoms with Gasteiger partial charge in [0.05, 0.1) is 0 Å². The normalized spacial score (nSPS) is 43.6. The molecule has 0 amide bonds. The predicted molar refractivity (Wildman–Crippen MR) is 61.9 cm³/mol. The van der Waals surface area contributed by atoms with E-state index in [2.05, 4.69) is 17.0 Å². The van der Waals surface area contributed by atoms with Crippen molar-refractivity contribution in [2.24, 2.45) is 10.6 Å². The number of nitrogens with zero attached hydrogens (tertiary/aromatic N) is 2. The lowest BCUT2D eigenvalue weighted by Gasteiger charge is -2.57. The Hall–Kier alpha value is -1.10. The van der Waals surface area contributed by atoms with Crippen LogP contribution in [0.4, 0.5) is 0 Å². The second kappa shape index (κ2) is 3.45. The Labute approximate surface area is 100 Å². The summed E-state index contributed by atoms with van der Waals surface area (Å²) in [5, 5.41) is 12.8. The molecule has 5 heteroatoms. The number of aliphatic carboxylic acids is 1. The van der Waals surface area contributed by atoms with Gasteiger partial charge in [-0.05, 0) is 32.4 Å². The smallest absolute Gasteiger partial charge is 0.353 e. The minimum absolute atomic E-state index is 0.127. The molecule has 4 heterocycles. The van der Waals surface area contributed by atoms with Crippen LogP contribution in [0.1, 0.15) is 32.6 Å². The van der Waals surface area contributed by atoms with E-state index >= 15 is 0 Å². The van der Waals surface area contributed by atoms with Crippen LogP contribution < -0.4 is 0 Å². The zero-order valence-electron chi connectivity index (χ0n) is 10.1. The van der Waals surface area contributed by atoms with Crippen molar-refractivity contribution in [1.29, 1.82) is 0 Å². The van der Waals surface area contributed by atoms with E-state index in [0.29, 0.717) is 6.42 Å². The maximum atomic E-state index is 11.0. The van der Waals surface area contributed by atoms with Gasteiger partial charge < -0.3 is 9.94 Å². The number of hydrogen-bond acceptors (Lipinski definition) is 4. The Morgan fingerprint density at radius 2 is 2.24 bits per heavy atom. The highest BCUT2D eigenvalue weighted by Gasteiger charge is 2.61. The summed E-state index contributed by atoms with van der Waals surface area (Å²) >= 11 is 0. The highest BCUT2D eigenvalue weighted by molar-refractivity contribution is 6.36. The summed E-state index contributed by atoms with van der Waals surface area (Å²) in [6.07, 6.45) is 3.72. The first-order valence-corrected chi connectivity index (χ1v) is 6.32. The molecule has 1 spiro atoms. The average molecular weight is 238 g/mol. The van der Waals surface area contributed by atoms with Crippen LogP contribution in [0, 0.1) is 5.41 Å². The van der Waals surface area contributed by atoms with E-state index in [9.17, 15) is 4.79 Å². The summed E-state index contributed by atoms with van der Waals surface area (Å²) in [4.78, 5) is 19.0. The van der Waals surface area contributed by atoms with Crippen LogP contribution in [0.25, 0.3) is 0 Å². The van der Waals surface area contributed by atoms with Crippen LogP contribution in [0.5, 0.6) is 0 Å². The maximum absolute atomic E-state index is 11.0. The minimum Gasteiger partial charge on any atom is -0.477 e. The van der Waals surface area contributed by atoms with Crippen molar-refractivity contribution in [2.75, 3.05) is 19.6 Å². The highest BCUT2D eigenvalue weighted by atomic mass is 16.7. The second-order valence-electron chi connectivity index (χ2n) is 5.52. The third kappa shape index (κ3) is 1.35. The number of carboxylic acids is 1. The number of carboxylic acid groups (broad SMARTS) is 1. The van der Waals surface area contributed by atoms with Gasteiger partial charge in [0.15, 0.2) is 11.3 Å². The fourth-order valence-corrected chi connectivity index (χ4v) is 3.76. The van der Waals surface area contributed by atoms with E-state index in [4.69, 9.17) is 9.94 Å². The largest absolute Gasteiger partial charge is 0.477 e. The summed E-state index contributed by atoms with van der Waals surface area (Å²) in [7, 11) is 0. The number of piperidine rings is 3. The summed E-state index contributed by atoms with van der Waals surface area (Å²) in [6, 6.07) is 0. The first-order valence-electron chi connectivity index (χ1n) is 6.32. The van der Waals surface area contributed by atoms with Gasteiger partial charge in [0, 0.05) is 18.4 Å². The van der Waals surface area contributed by atoms with Crippen LogP contribution in [0.15, 0.2) is 5.16 Å². The molecule has 0 aromatic heterocycles. The maximum Gasteiger partial charge on any atom is 0.353 e. The van der Waals surface area contributed by atoms with Gasteiger partial charge in [0.25, 0.3) is 0 Å². The molecule has 1 unspecified atom stereocenters. The van der Waals surface area contributed by atoms with Crippen LogP contribution in [0.2, 0.25) is 0 Å². The molecule has 17 heavy (non-hydrogen) atoms. The van der Waals surface area contributed by atoms with Crippen LogP contribution in [-0.4, -0.2) is 46.9 Å². The molecule has 0 aromatic carbocycles. The van der Waals surface area contributed by atoms with E-state index in [0.717, 1.165) is 38.9 Å². The third-order valence-electron chi connectivity index (χ3n) is 4.97. The van der Waals surface area contributed by atoms with Gasteiger partial charge in [-0.25, -0.2) is 4.79 Å². The van der Waals surface area contributed by atoms with E-state index in [1.54, 1.807) is 0 Å². The van der Waals surface area contributed by atoms with Gasteiger partial charge in [-0.1, -0.05) is 12.1 Å². The molecule has 5 nitrogen and oxygen atoms in total. The summed E-state index contributed by atoms with van der Waals surface area (Å²) < 4.78 is 0. The van der Waals surface area contributed by atoms with Crippen molar-refractivity contribution < 1.29 is 14.7 Å². The molecule has 4 aliphatic heterocycles. The Bertz CT molecular complexity index is 385. The lowest BCUT2D eigenvalue weighted by molar-refractivity contribution is -0.192. The summed E-state index contributed by atoms with van der Waals surface area (Å²) in [5.74, 6) is -0.940. The number of carbonyl (C=O) groups is 1. The zero-order chi connectivity index (χ0) is 12.1. The van der Waals surface area contributed by atoms with E-state index < -0.39 is 5.97 Å². The predicted octanol–water partition coefficient (Wildman–Crippen LogP) is 1.09. The molecule has 2 bridgehead atoms. The topological polar surface area (TPSA) is 62.1 Å². The Morgan fingerprint density at radius 3 is 2.76 bits per heavy atom. The van der Waals surface area contributed by atoms with Gasteiger partial charge in [0.1, 0.15) is 0 Å². The average Bonchev–Trinajstić information content (AvgIpc) is 2.76. The fraction of sp³-hybridized carbons (Fsp3) is 0.833. The molecule has 4 rings (SSSR count). The Balaban J connectivity index is 1.91. The van der Waals surface area contributed by atoms with Gasteiger partial charge in [-0.2, -0.15) is 0 Å². The van der Waals surface area contributed by atoms with Crippen molar-refractivity contribution in [1.82, 2.24) is 4.90 Å². The number of oxime groups is 1. The molecular formula is C12H18N2O3. The molecule has 0 aromatic rings. The van der Waals surface area contributed by atoms with Crippen LogP contribution in [0.3, 0.4) is 0 Å². The summed E-state index contributed by atoms with van der Waals surface area (Å²) in [5.41, 5.74) is -0.0550. The summed E-state index contributed by atoms with van der Waals surface area (Å²) in [6.45, 7) is 5.24. The highest BCUT2D eigenvalue weighted by Crippen LogP contribution is 2.54. The standard InChI is InChI=1S/C12H18N2O3/c1-2-11-3-5-14(6-4-11)8-12(11)7-9(10(15)16)13-17-12/h2-8H2,1H3,(H,15,16). The van der Waals surface area contributed by atoms with Gasteiger partial charge in [-0.3, -0.25) is 4.90 Å². The zero-order valence-corrected chi connectivity index (χ0v) is 10.1. The molecular weight excluding hydrogens is 220 g/mol. The lowest BCUT2D eigenvalue weighted by Crippen LogP contribution is -2.65. The van der Waals surface area contributed by atoms with Crippen molar-refractivity contribution in [3.8, 4) is 0 Å².